The molecule has 102 valence electrons. The van der Waals surface area contributed by atoms with Crippen molar-refractivity contribution < 1.29 is 9.53 Å². The molecule has 1 aromatic rings. The highest BCUT2D eigenvalue weighted by Crippen LogP contribution is 2.12. The molecule has 0 heterocycles. The summed E-state index contributed by atoms with van der Waals surface area (Å²) in [5.74, 6) is 0.641. The van der Waals surface area contributed by atoms with E-state index >= 15 is 0 Å². The Balaban J connectivity index is 0.00000289. The number of carbonyl (C=O) groups is 1. The average Bonchev–Trinajstić information content (AvgIpc) is 2.29. The van der Waals surface area contributed by atoms with Crippen LogP contribution >= 0.6 is 12.4 Å². The van der Waals surface area contributed by atoms with E-state index in [1.807, 2.05) is 38.1 Å². The van der Waals surface area contributed by atoms with Gasteiger partial charge in [-0.25, -0.2) is 0 Å². The number of rotatable bonds is 5. The first-order valence-electron chi connectivity index (χ1n) is 5.75. The summed E-state index contributed by atoms with van der Waals surface area (Å²) in [5.41, 5.74) is 6.63. The predicted octanol–water partition coefficient (Wildman–Crippen LogP) is 1.65. The highest BCUT2D eigenvalue weighted by Gasteiger charge is 2.09. The van der Waals surface area contributed by atoms with Crippen LogP contribution in [0.25, 0.3) is 0 Å². The summed E-state index contributed by atoms with van der Waals surface area (Å²) in [6, 6.07) is 7.32. The van der Waals surface area contributed by atoms with Crippen LogP contribution in [0.1, 0.15) is 19.4 Å². The molecule has 0 aliphatic carbocycles. The number of hydrogen-bond acceptors (Lipinski definition) is 3. The van der Waals surface area contributed by atoms with Crippen LogP contribution in [0.3, 0.4) is 0 Å². The average molecular weight is 273 g/mol. The monoisotopic (exact) mass is 272 g/mol. The zero-order valence-electron chi connectivity index (χ0n) is 11.0. The van der Waals surface area contributed by atoms with Gasteiger partial charge in [-0.2, -0.15) is 0 Å². The van der Waals surface area contributed by atoms with Gasteiger partial charge < -0.3 is 15.8 Å². The summed E-state index contributed by atoms with van der Waals surface area (Å²) in [6.45, 7) is 6.03. The summed E-state index contributed by atoms with van der Waals surface area (Å²) < 4.78 is 5.64. The van der Waals surface area contributed by atoms with Gasteiger partial charge in [-0.15, -0.1) is 12.4 Å². The van der Waals surface area contributed by atoms with Crippen LogP contribution in [-0.4, -0.2) is 24.6 Å². The second-order valence-corrected chi connectivity index (χ2v) is 4.28. The number of nitrogens with one attached hydrogen (secondary N) is 1. The number of ether oxygens (including phenoxy) is 1. The number of carbonyl (C=O) groups excluding carboxylic acids is 1. The van der Waals surface area contributed by atoms with Gasteiger partial charge in [0.1, 0.15) is 11.9 Å². The molecule has 0 aromatic heterocycles. The molecule has 0 radical (unpaired) electrons. The van der Waals surface area contributed by atoms with Crippen molar-refractivity contribution in [3.05, 3.63) is 29.8 Å². The Morgan fingerprint density at radius 3 is 2.39 bits per heavy atom. The van der Waals surface area contributed by atoms with E-state index in [0.717, 1.165) is 5.75 Å². The van der Waals surface area contributed by atoms with E-state index in [9.17, 15) is 4.79 Å². The Hall–Kier alpha value is -1.26. The molecule has 4 nitrogen and oxygen atoms in total. The topological polar surface area (TPSA) is 64.3 Å². The maximum absolute atomic E-state index is 11.3. The van der Waals surface area contributed by atoms with E-state index in [1.54, 1.807) is 6.92 Å². The molecule has 0 aliphatic heterocycles. The predicted molar refractivity (Wildman–Crippen MR) is 75.2 cm³/mol. The third kappa shape index (κ3) is 5.89. The van der Waals surface area contributed by atoms with Crippen LogP contribution in [-0.2, 0) is 4.79 Å². The maximum Gasteiger partial charge on any atom is 0.236 e. The number of halogens is 1. The zero-order valence-corrected chi connectivity index (χ0v) is 11.8. The Kier molecular flexibility index (Phi) is 7.39. The van der Waals surface area contributed by atoms with E-state index in [1.165, 1.54) is 5.56 Å². The van der Waals surface area contributed by atoms with Crippen molar-refractivity contribution in [1.29, 1.82) is 0 Å². The molecule has 0 spiro atoms. The molecule has 1 rings (SSSR count). The van der Waals surface area contributed by atoms with Gasteiger partial charge in [0.05, 0.1) is 12.6 Å². The van der Waals surface area contributed by atoms with E-state index < -0.39 is 6.04 Å². The maximum atomic E-state index is 11.3. The minimum absolute atomic E-state index is 0. The molecule has 1 amide bonds. The molecule has 18 heavy (non-hydrogen) atoms. The Labute approximate surface area is 114 Å². The molecule has 0 bridgehead atoms. The van der Waals surface area contributed by atoms with Gasteiger partial charge in [0.2, 0.25) is 5.91 Å². The van der Waals surface area contributed by atoms with Gasteiger partial charge in [0.25, 0.3) is 0 Å². The van der Waals surface area contributed by atoms with Gasteiger partial charge in [0.15, 0.2) is 0 Å². The lowest BCUT2D eigenvalue weighted by Gasteiger charge is -2.16. The first-order valence-corrected chi connectivity index (χ1v) is 5.75. The fourth-order valence-corrected chi connectivity index (χ4v) is 1.30. The Morgan fingerprint density at radius 1 is 1.33 bits per heavy atom. The molecule has 3 N–H and O–H groups in total. The van der Waals surface area contributed by atoms with Crippen molar-refractivity contribution in [2.75, 3.05) is 6.54 Å². The minimum Gasteiger partial charge on any atom is -0.489 e. The van der Waals surface area contributed by atoms with E-state index in [-0.39, 0.29) is 24.4 Å². The van der Waals surface area contributed by atoms with Crippen LogP contribution in [0, 0.1) is 6.92 Å². The lowest BCUT2D eigenvalue weighted by atomic mass is 10.2. The van der Waals surface area contributed by atoms with E-state index in [2.05, 4.69) is 5.32 Å². The van der Waals surface area contributed by atoms with Gasteiger partial charge in [0, 0.05) is 0 Å². The summed E-state index contributed by atoms with van der Waals surface area (Å²) in [5, 5.41) is 2.72. The van der Waals surface area contributed by atoms with Crippen LogP contribution < -0.4 is 15.8 Å². The smallest absolute Gasteiger partial charge is 0.236 e. The fraction of sp³-hybridized carbons (Fsp3) is 0.462. The van der Waals surface area contributed by atoms with Crippen molar-refractivity contribution in [3.63, 3.8) is 0 Å². The summed E-state index contributed by atoms with van der Waals surface area (Å²) >= 11 is 0. The van der Waals surface area contributed by atoms with Crippen LogP contribution in [0.4, 0.5) is 0 Å². The SMILES string of the molecule is Cc1ccc(OC(C)CNC(=O)[C@H](C)N)cc1.Cl. The highest BCUT2D eigenvalue weighted by atomic mass is 35.5. The first kappa shape index (κ1) is 16.7. The van der Waals surface area contributed by atoms with Gasteiger partial charge in [-0.1, -0.05) is 17.7 Å². The fourth-order valence-electron chi connectivity index (χ4n) is 1.30. The van der Waals surface area contributed by atoms with Crippen molar-refractivity contribution in [2.45, 2.75) is 32.9 Å². The lowest BCUT2D eigenvalue weighted by Crippen LogP contribution is -2.42. The van der Waals surface area contributed by atoms with E-state index in [4.69, 9.17) is 10.5 Å². The molecule has 1 unspecified atom stereocenters. The van der Waals surface area contributed by atoms with Crippen molar-refractivity contribution in [2.24, 2.45) is 5.73 Å². The molecule has 1 aromatic carbocycles. The summed E-state index contributed by atoms with van der Waals surface area (Å²) in [7, 11) is 0. The molecule has 0 saturated carbocycles. The molecular weight excluding hydrogens is 252 g/mol. The lowest BCUT2D eigenvalue weighted by molar-refractivity contribution is -0.122. The van der Waals surface area contributed by atoms with E-state index in [0.29, 0.717) is 6.54 Å². The summed E-state index contributed by atoms with van der Waals surface area (Å²) in [6.07, 6.45) is -0.0830. The molecule has 0 saturated heterocycles. The largest absolute Gasteiger partial charge is 0.489 e. The molecular formula is C13H21ClN2O2. The number of benzene rings is 1. The third-order valence-electron chi connectivity index (χ3n) is 2.34. The van der Waals surface area contributed by atoms with Crippen LogP contribution in [0.15, 0.2) is 24.3 Å². The summed E-state index contributed by atoms with van der Waals surface area (Å²) in [4.78, 5) is 11.3. The second-order valence-electron chi connectivity index (χ2n) is 4.28. The number of hydrogen-bond donors (Lipinski definition) is 2. The van der Waals surface area contributed by atoms with Crippen molar-refractivity contribution in [3.8, 4) is 5.75 Å². The van der Waals surface area contributed by atoms with Crippen molar-refractivity contribution >= 4 is 18.3 Å². The molecule has 0 aliphatic rings. The highest BCUT2D eigenvalue weighted by molar-refractivity contribution is 5.85. The minimum atomic E-state index is -0.485. The van der Waals surface area contributed by atoms with Gasteiger partial charge >= 0.3 is 0 Å². The van der Waals surface area contributed by atoms with Gasteiger partial charge in [-0.3, -0.25) is 4.79 Å². The molecule has 0 fully saturated rings. The van der Waals surface area contributed by atoms with Gasteiger partial charge in [-0.05, 0) is 32.9 Å². The number of amides is 1. The zero-order chi connectivity index (χ0) is 12.8. The normalized spacial score (nSPS) is 13.1. The van der Waals surface area contributed by atoms with Crippen LogP contribution in [0.2, 0.25) is 0 Å². The first-order chi connectivity index (χ1) is 7.99. The number of aryl methyl sites for hydroxylation is 1. The molecule has 5 heteroatoms. The standard InChI is InChI=1S/C13H20N2O2.ClH/c1-9-4-6-12(7-5-9)17-10(2)8-15-13(16)11(3)14;/h4-7,10-11H,8,14H2,1-3H3,(H,15,16);1H/t10?,11-;/m0./s1. The Morgan fingerprint density at radius 2 is 1.89 bits per heavy atom. The molecule has 2 atom stereocenters. The van der Waals surface area contributed by atoms with Crippen LogP contribution in [0.5, 0.6) is 5.75 Å². The van der Waals surface area contributed by atoms with Crippen molar-refractivity contribution in [1.82, 2.24) is 5.32 Å². The second kappa shape index (κ2) is 7.95. The Bertz CT molecular complexity index is 366. The quantitative estimate of drug-likeness (QED) is 0.857. The number of nitrogens with two attached hydrogens (primary N) is 1. The third-order valence-corrected chi connectivity index (χ3v) is 2.34.